The number of hydrogen-bond donors (Lipinski definition) is 2. The first-order chi connectivity index (χ1) is 22.1. The Morgan fingerprint density at radius 1 is 1.04 bits per heavy atom. The Hall–Kier alpha value is -3.31. The molecule has 3 aliphatic rings. The predicted octanol–water partition coefficient (Wildman–Crippen LogP) is 6.87. The summed E-state index contributed by atoms with van der Waals surface area (Å²) in [5.41, 5.74) is 1.05. The summed E-state index contributed by atoms with van der Waals surface area (Å²) in [5, 5.41) is 13.0. The zero-order valence-corrected chi connectivity index (χ0v) is 27.0. The number of carboxylic acids is 1. The van der Waals surface area contributed by atoms with Gasteiger partial charge in [-0.25, -0.2) is 4.39 Å². The number of benzene rings is 2. The van der Waals surface area contributed by atoms with E-state index in [0.717, 1.165) is 31.7 Å². The van der Waals surface area contributed by atoms with E-state index in [0.29, 0.717) is 55.3 Å². The highest BCUT2D eigenvalue weighted by Gasteiger charge is 2.56. The van der Waals surface area contributed by atoms with Crippen LogP contribution in [0.5, 0.6) is 0 Å². The number of carbonyl (C=O) groups excluding carboxylic acids is 2. The van der Waals surface area contributed by atoms with E-state index in [1.54, 1.807) is 24.3 Å². The third-order valence-electron chi connectivity index (χ3n) is 10.0. The number of ether oxygens (including phenoxy) is 1. The lowest BCUT2D eigenvalue weighted by atomic mass is 9.87. The molecule has 2 aliphatic heterocycles. The van der Waals surface area contributed by atoms with Crippen molar-refractivity contribution in [3.05, 3.63) is 64.6 Å². The fraction of sp³-hybridized carbons (Fsp3) is 0.514. The van der Waals surface area contributed by atoms with Crippen molar-refractivity contribution in [3.8, 4) is 0 Å². The Bertz CT molecular complexity index is 1600. The van der Waals surface area contributed by atoms with Crippen LogP contribution in [-0.4, -0.2) is 69.7 Å². The van der Waals surface area contributed by atoms with E-state index < -0.39 is 29.5 Å². The van der Waals surface area contributed by atoms with E-state index in [4.69, 9.17) is 20.8 Å². The van der Waals surface area contributed by atoms with E-state index in [1.165, 1.54) is 12.3 Å². The van der Waals surface area contributed by atoms with Gasteiger partial charge in [-0.3, -0.25) is 24.2 Å². The van der Waals surface area contributed by atoms with Gasteiger partial charge in [-0.05, 0) is 89.0 Å². The average Bonchev–Trinajstić information content (AvgIpc) is 3.80. The molecule has 1 amide bonds. The Morgan fingerprint density at radius 3 is 2.39 bits per heavy atom. The van der Waals surface area contributed by atoms with Gasteiger partial charge >= 0.3 is 5.97 Å². The van der Waals surface area contributed by atoms with Crippen molar-refractivity contribution < 1.29 is 33.0 Å². The number of nitrogens with zero attached hydrogens (tertiary/aromatic N) is 2. The maximum absolute atomic E-state index is 15.8. The molecule has 3 atom stereocenters. The number of halogens is 2. The predicted molar refractivity (Wildman–Crippen MR) is 172 cm³/mol. The molecular formula is C35H41ClFN3O6. The van der Waals surface area contributed by atoms with E-state index in [1.807, 2.05) is 0 Å². The molecule has 3 fully saturated rings. The number of aliphatic carboxylic acids is 1. The van der Waals surface area contributed by atoms with Crippen LogP contribution in [0.2, 0.25) is 5.02 Å². The number of hydrogen-bond acceptors (Lipinski definition) is 7. The largest absolute Gasteiger partial charge is 0.481 e. The first kappa shape index (κ1) is 32.6. The molecule has 2 saturated heterocycles. The van der Waals surface area contributed by atoms with Crippen molar-refractivity contribution in [1.29, 1.82) is 0 Å². The van der Waals surface area contributed by atoms with Gasteiger partial charge in [0.2, 0.25) is 5.85 Å². The lowest BCUT2D eigenvalue weighted by Gasteiger charge is -2.51. The monoisotopic (exact) mass is 653 g/mol. The van der Waals surface area contributed by atoms with Gasteiger partial charge in [0.1, 0.15) is 17.7 Å². The number of amides is 1. The van der Waals surface area contributed by atoms with Gasteiger partial charge in [0, 0.05) is 37.0 Å². The first-order valence-electron chi connectivity index (χ1n) is 16.3. The number of likely N-dealkylation sites (tertiary alicyclic amines) is 2. The highest BCUT2D eigenvalue weighted by Crippen LogP contribution is 2.41. The minimum Gasteiger partial charge on any atom is -0.481 e. The third-order valence-corrected chi connectivity index (χ3v) is 10.3. The number of para-hydroxylation sites is 1. The van der Waals surface area contributed by atoms with Crippen LogP contribution in [0.25, 0.3) is 11.0 Å². The third kappa shape index (κ3) is 6.20. The number of ketones is 1. The van der Waals surface area contributed by atoms with Crippen molar-refractivity contribution in [2.45, 2.75) is 95.7 Å². The molecule has 3 heterocycles. The Kier molecular flexibility index (Phi) is 9.53. The second-order valence-electron chi connectivity index (χ2n) is 13.0. The van der Waals surface area contributed by atoms with Gasteiger partial charge in [0.25, 0.3) is 5.91 Å². The molecule has 2 aromatic carbocycles. The van der Waals surface area contributed by atoms with E-state index in [2.05, 4.69) is 29.0 Å². The van der Waals surface area contributed by atoms with Crippen molar-refractivity contribution in [2.24, 2.45) is 5.92 Å². The van der Waals surface area contributed by atoms with Crippen LogP contribution < -0.4 is 5.32 Å². The summed E-state index contributed by atoms with van der Waals surface area (Å²) in [5.74, 6) is -4.06. The molecule has 0 spiro atoms. The van der Waals surface area contributed by atoms with Crippen LogP contribution in [0.15, 0.2) is 47.1 Å². The number of anilines is 1. The van der Waals surface area contributed by atoms with Crippen molar-refractivity contribution in [3.63, 3.8) is 0 Å². The molecular weight excluding hydrogens is 613 g/mol. The Morgan fingerprint density at radius 2 is 1.72 bits per heavy atom. The molecule has 1 saturated carbocycles. The molecule has 2 N–H and O–H groups in total. The maximum atomic E-state index is 15.8. The van der Waals surface area contributed by atoms with Crippen LogP contribution in [0.1, 0.15) is 81.1 Å². The number of Topliss-reactive ketones (excluding diaryl/α,β-unsaturated/α-hetero) is 1. The topological polar surface area (TPSA) is 112 Å². The van der Waals surface area contributed by atoms with Crippen molar-refractivity contribution in [2.75, 3.05) is 18.4 Å². The minimum absolute atomic E-state index is 0.0555. The van der Waals surface area contributed by atoms with Gasteiger partial charge in [0.15, 0.2) is 5.78 Å². The van der Waals surface area contributed by atoms with Crippen LogP contribution in [0.4, 0.5) is 10.1 Å². The SMILES string of the molecule is C[C@@H]1CC[C@@H](C)N1C(OC1CCC(C(=O)O)CC1)(C(=O)Cc1cc(Cl)c(NC(=O)c2coc3ccccc23)cc1F)N1CCCC1. The quantitative estimate of drug-likeness (QED) is 0.244. The molecule has 9 nitrogen and oxygen atoms in total. The normalized spacial score (nSPS) is 25.5. The van der Waals surface area contributed by atoms with E-state index >= 15 is 4.39 Å². The Labute approximate surface area is 273 Å². The van der Waals surface area contributed by atoms with Crippen molar-refractivity contribution in [1.82, 2.24) is 9.80 Å². The number of furan rings is 1. The van der Waals surface area contributed by atoms with E-state index in [9.17, 15) is 19.5 Å². The number of carboxylic acid groups (broad SMARTS) is 1. The molecule has 11 heteroatoms. The number of rotatable bonds is 10. The summed E-state index contributed by atoms with van der Waals surface area (Å²) >= 11 is 6.60. The molecule has 46 heavy (non-hydrogen) atoms. The van der Waals surface area contributed by atoms with Gasteiger partial charge < -0.3 is 19.6 Å². The van der Waals surface area contributed by atoms with Crippen LogP contribution in [0, 0.1) is 11.7 Å². The second-order valence-corrected chi connectivity index (χ2v) is 13.4. The number of carbonyl (C=O) groups is 3. The highest BCUT2D eigenvalue weighted by atomic mass is 35.5. The number of nitrogens with one attached hydrogen (secondary N) is 1. The molecule has 246 valence electrons. The lowest BCUT2D eigenvalue weighted by molar-refractivity contribution is -0.265. The van der Waals surface area contributed by atoms with Crippen LogP contribution in [-0.2, 0) is 20.7 Å². The summed E-state index contributed by atoms with van der Waals surface area (Å²) in [4.78, 5) is 43.8. The minimum atomic E-state index is -1.42. The molecule has 3 aromatic rings. The van der Waals surface area contributed by atoms with E-state index in [-0.39, 0.29) is 46.7 Å². The summed E-state index contributed by atoms with van der Waals surface area (Å²) < 4.78 is 28.2. The molecule has 1 unspecified atom stereocenters. The second kappa shape index (κ2) is 13.4. The van der Waals surface area contributed by atoms with Crippen LogP contribution in [0.3, 0.4) is 0 Å². The van der Waals surface area contributed by atoms with Crippen molar-refractivity contribution >= 4 is 45.9 Å². The standard InChI is InChI=1S/C35H41ClFN3O6/c1-21-9-10-22(2)40(21)35(39-15-5-6-16-39,46-25-13-11-23(12-14-25)34(43)44)32(41)18-24-17-28(36)30(19-29(24)37)38-33(42)27-20-45-31-8-4-3-7-26(27)31/h3-4,7-8,17,19-23,25H,5-6,9-16,18H2,1-2H3,(H,38,42)(H,43,44)/t21-,22-,23?,25?,35?/m1/s1. The summed E-state index contributed by atoms with van der Waals surface area (Å²) in [6.45, 7) is 5.54. The summed E-state index contributed by atoms with van der Waals surface area (Å²) in [6, 6.07) is 9.78. The van der Waals surface area contributed by atoms with Gasteiger partial charge in [0.05, 0.1) is 28.3 Å². The molecule has 0 radical (unpaired) electrons. The summed E-state index contributed by atoms with van der Waals surface area (Å²) in [7, 11) is 0. The molecule has 1 aliphatic carbocycles. The molecule has 6 rings (SSSR count). The van der Waals surface area contributed by atoms with Gasteiger partial charge in [-0.2, -0.15) is 0 Å². The average molecular weight is 654 g/mol. The number of fused-ring (bicyclic) bond motifs is 1. The van der Waals surface area contributed by atoms with Crippen LogP contribution >= 0.6 is 11.6 Å². The first-order valence-corrected chi connectivity index (χ1v) is 16.7. The van der Waals surface area contributed by atoms with Gasteiger partial charge in [-0.15, -0.1) is 0 Å². The molecule has 0 bridgehead atoms. The Balaban J connectivity index is 1.29. The summed E-state index contributed by atoms with van der Waals surface area (Å²) in [6.07, 6.45) is 6.48. The lowest BCUT2D eigenvalue weighted by Crippen LogP contribution is -2.70. The molecule has 1 aromatic heterocycles. The zero-order chi connectivity index (χ0) is 32.6. The fourth-order valence-electron chi connectivity index (χ4n) is 7.61. The fourth-order valence-corrected chi connectivity index (χ4v) is 7.84. The zero-order valence-electron chi connectivity index (χ0n) is 26.3. The maximum Gasteiger partial charge on any atom is 0.306 e. The van der Waals surface area contributed by atoms with Gasteiger partial charge in [-0.1, -0.05) is 29.8 Å². The smallest absolute Gasteiger partial charge is 0.306 e. The highest BCUT2D eigenvalue weighted by molar-refractivity contribution is 6.34.